The topological polar surface area (TPSA) is 17.1 Å². The highest BCUT2D eigenvalue weighted by Gasteiger charge is 2.51. The van der Waals surface area contributed by atoms with Crippen molar-refractivity contribution >= 4 is 31.5 Å². The molecular weight excluding hydrogens is 733 g/mol. The quantitative estimate of drug-likeness (QED) is 0.128. The molecule has 9 aromatic rings. The third kappa shape index (κ3) is 6.20. The Morgan fingerprint density at radius 3 is 1.41 bits per heavy atom. The highest BCUT2D eigenvalue weighted by molar-refractivity contribution is 7.24. The molecule has 11 rings (SSSR count). The highest BCUT2D eigenvalue weighted by atomic mass is 32.1. The van der Waals surface area contributed by atoms with E-state index in [-0.39, 0.29) is 10.8 Å². The van der Waals surface area contributed by atoms with Crippen molar-refractivity contribution in [3.05, 3.63) is 239 Å². The molecule has 0 bridgehead atoms. The minimum atomic E-state index is -0.363. The molecule has 1 spiro atoms. The number of benzene rings is 8. The molecule has 0 amide bonds. The number of hydrogen-bond acceptors (Lipinski definition) is 2. The van der Waals surface area contributed by atoms with E-state index in [1.54, 1.807) is 17.4 Å². The minimum absolute atomic E-state index is 0.0962. The fourth-order valence-electron chi connectivity index (χ4n) is 9.15. The van der Waals surface area contributed by atoms with Crippen LogP contribution in [-0.2, 0) is 5.41 Å². The van der Waals surface area contributed by atoms with Crippen LogP contribution in [0.2, 0.25) is 0 Å². The molecule has 0 saturated carbocycles. The van der Waals surface area contributed by atoms with Gasteiger partial charge in [-0.15, -0.1) is 11.3 Å². The lowest BCUT2D eigenvalue weighted by Gasteiger charge is -2.30. The van der Waals surface area contributed by atoms with Crippen LogP contribution in [0.3, 0.4) is 0 Å². The molecule has 59 heavy (non-hydrogen) atoms. The van der Waals surface area contributed by atoms with Gasteiger partial charge in [-0.1, -0.05) is 178 Å². The largest absolute Gasteiger partial charge is 0.289 e. The van der Waals surface area contributed by atoms with E-state index in [9.17, 15) is 4.79 Å². The van der Waals surface area contributed by atoms with Crippen LogP contribution < -0.4 is 5.43 Å². The summed E-state index contributed by atoms with van der Waals surface area (Å²) < 4.78 is 2.04. The van der Waals surface area contributed by atoms with Crippen LogP contribution in [0.25, 0.3) is 75.8 Å². The van der Waals surface area contributed by atoms with E-state index in [1.165, 1.54) is 55.6 Å². The molecule has 0 unspecified atom stereocenters. The Morgan fingerprint density at radius 1 is 0.441 bits per heavy atom. The Kier molecular flexibility index (Phi) is 10.1. The molecule has 2 aliphatic rings. The Bertz CT molecular complexity index is 3080. The lowest BCUT2D eigenvalue weighted by molar-refractivity contribution is 0.794. The summed E-state index contributed by atoms with van der Waals surface area (Å²) in [6.07, 6.45) is 5.58. The van der Waals surface area contributed by atoms with Crippen molar-refractivity contribution in [3.63, 3.8) is 0 Å². The molecule has 0 saturated heterocycles. The summed E-state index contributed by atoms with van der Waals surface area (Å²) in [4.78, 5) is 13.5. The number of hydrogen-bond donors (Lipinski definition) is 0. The van der Waals surface area contributed by atoms with E-state index in [4.69, 9.17) is 0 Å². The smallest absolute Gasteiger partial charge is 0.195 e. The maximum Gasteiger partial charge on any atom is 0.195 e. The van der Waals surface area contributed by atoms with Gasteiger partial charge in [-0.3, -0.25) is 4.79 Å². The molecule has 0 fully saturated rings. The second kappa shape index (κ2) is 15.8. The second-order valence-corrected chi connectivity index (χ2v) is 15.8. The van der Waals surface area contributed by atoms with Crippen molar-refractivity contribution in [2.75, 3.05) is 0 Å². The van der Waals surface area contributed by atoms with Gasteiger partial charge >= 0.3 is 0 Å². The number of allylic oxidation sites excluding steroid dienone is 3. The molecule has 1 aromatic heterocycles. The van der Waals surface area contributed by atoms with Crippen LogP contribution in [0.1, 0.15) is 43.0 Å². The number of rotatable bonds is 4. The average Bonchev–Trinajstić information content (AvgIpc) is 3.77. The molecule has 0 atom stereocenters. The first-order valence-electron chi connectivity index (χ1n) is 20.4. The molecule has 2 aliphatic carbocycles. The maximum atomic E-state index is 13.5. The fourth-order valence-corrected chi connectivity index (χ4v) is 10.2. The molecule has 1 heterocycles. The van der Waals surface area contributed by atoms with Crippen molar-refractivity contribution in [2.24, 2.45) is 0 Å². The van der Waals surface area contributed by atoms with Crippen LogP contribution in [-0.4, -0.2) is 0 Å². The Hall–Kier alpha value is -6.87. The molecule has 0 aliphatic heterocycles. The summed E-state index contributed by atoms with van der Waals surface area (Å²) in [7, 11) is 0. The van der Waals surface area contributed by atoms with Crippen molar-refractivity contribution in [2.45, 2.75) is 26.2 Å². The molecule has 284 valence electrons. The third-order valence-corrected chi connectivity index (χ3v) is 12.8. The van der Waals surface area contributed by atoms with Gasteiger partial charge in [-0.25, -0.2) is 0 Å². The van der Waals surface area contributed by atoms with Crippen molar-refractivity contribution in [1.82, 2.24) is 0 Å². The van der Waals surface area contributed by atoms with Gasteiger partial charge in [0.1, 0.15) is 0 Å². The monoisotopic (exact) mass is 776 g/mol. The molecular formula is C57H44OS. The van der Waals surface area contributed by atoms with Crippen molar-refractivity contribution in [3.8, 4) is 55.6 Å². The zero-order valence-electron chi connectivity index (χ0n) is 33.6. The normalized spacial score (nSPS) is 12.5. The summed E-state index contributed by atoms with van der Waals surface area (Å²) in [5.74, 6) is 0. The number of fused-ring (bicyclic) bond motifs is 12. The van der Waals surface area contributed by atoms with E-state index < -0.39 is 0 Å². The van der Waals surface area contributed by atoms with E-state index in [0.29, 0.717) is 0 Å². The Balaban J connectivity index is 0.000000600. The third-order valence-electron chi connectivity index (χ3n) is 11.6. The van der Waals surface area contributed by atoms with E-state index in [0.717, 1.165) is 42.4 Å². The zero-order valence-corrected chi connectivity index (χ0v) is 34.4. The van der Waals surface area contributed by atoms with Crippen molar-refractivity contribution < 1.29 is 0 Å². The Labute approximate surface area is 350 Å². The summed E-state index contributed by atoms with van der Waals surface area (Å²) in [5, 5.41) is 1.56. The first kappa shape index (κ1) is 37.7. The molecule has 8 aromatic carbocycles. The average molecular weight is 777 g/mol. The van der Waals surface area contributed by atoms with Gasteiger partial charge in [0.25, 0.3) is 0 Å². The summed E-state index contributed by atoms with van der Waals surface area (Å²) in [6.45, 7) is 9.42. The molecule has 0 N–H and O–H groups in total. The van der Waals surface area contributed by atoms with Crippen LogP contribution in [0.4, 0.5) is 0 Å². The summed E-state index contributed by atoms with van der Waals surface area (Å²) in [5.41, 5.74) is 17.3. The first-order valence-corrected chi connectivity index (χ1v) is 21.3. The summed E-state index contributed by atoms with van der Waals surface area (Å²) >= 11 is 1.67. The van der Waals surface area contributed by atoms with E-state index in [1.807, 2.05) is 57.2 Å². The molecule has 1 nitrogen and oxygen atoms in total. The predicted octanol–water partition coefficient (Wildman–Crippen LogP) is 15.5. The van der Waals surface area contributed by atoms with Gasteiger partial charge in [-0.2, -0.15) is 0 Å². The van der Waals surface area contributed by atoms with Crippen LogP contribution >= 0.6 is 11.3 Å². The second-order valence-electron chi connectivity index (χ2n) is 14.7. The van der Waals surface area contributed by atoms with Crippen molar-refractivity contribution in [1.29, 1.82) is 0 Å². The van der Waals surface area contributed by atoms with Gasteiger partial charge in [-0.05, 0) is 127 Å². The maximum absolute atomic E-state index is 13.5. The standard InChI is InChI=1S/C50H30OS.C5H8.C2H6/c51-49-41-18-4-8-22-47(41)52-48-26-24-35(29-42(48)49)33-13-9-11-31(27-33)32-12-10-14-34(28-32)36-23-25-40-39-17-3-7-21-45(39)50(46(40)30-36)43-19-5-1-15-37(43)38-16-2-6-20-44(38)50;1-3-5-4-2;1-2/h1-30H;3-5H,1H2,2H3;1-2H3/b;5-4-;. The predicted molar refractivity (Wildman–Crippen MR) is 255 cm³/mol. The Morgan fingerprint density at radius 2 is 0.881 bits per heavy atom. The van der Waals surface area contributed by atoms with Crippen LogP contribution in [0.15, 0.2) is 212 Å². The van der Waals surface area contributed by atoms with E-state index in [2.05, 4.69) is 164 Å². The minimum Gasteiger partial charge on any atom is -0.289 e. The molecule has 0 radical (unpaired) electrons. The highest BCUT2D eigenvalue weighted by Crippen LogP contribution is 2.63. The fraction of sp³-hybridized carbons (Fsp3) is 0.0702. The SMILES string of the molecule is C=C/C=C\C.CC.O=c1c2ccccc2sc2ccc(-c3cccc(-c4cccc(-c5ccc6c(c5)C5(c7ccccc7-c7ccccc75)c5ccccc5-6)c4)c3)cc12. The zero-order chi connectivity index (χ0) is 40.5. The summed E-state index contributed by atoms with van der Waals surface area (Å²) in [6, 6.07) is 65.8. The van der Waals surface area contributed by atoms with E-state index >= 15 is 0 Å². The van der Waals surface area contributed by atoms with Gasteiger partial charge < -0.3 is 0 Å². The van der Waals surface area contributed by atoms with Gasteiger partial charge in [0.15, 0.2) is 5.43 Å². The lowest BCUT2D eigenvalue weighted by atomic mass is 9.70. The lowest BCUT2D eigenvalue weighted by Crippen LogP contribution is -2.25. The first-order chi connectivity index (χ1) is 29.1. The van der Waals surface area contributed by atoms with Gasteiger partial charge in [0.2, 0.25) is 0 Å². The van der Waals surface area contributed by atoms with Crippen LogP contribution in [0.5, 0.6) is 0 Å². The van der Waals surface area contributed by atoms with Gasteiger partial charge in [0, 0.05) is 20.2 Å². The molecule has 2 heteroatoms. The van der Waals surface area contributed by atoms with Crippen LogP contribution in [0, 0.1) is 0 Å². The van der Waals surface area contributed by atoms with Gasteiger partial charge in [0.05, 0.1) is 5.41 Å².